The van der Waals surface area contributed by atoms with E-state index in [1.807, 2.05) is 24.5 Å². The van der Waals surface area contributed by atoms with Crippen LogP contribution in [-0.2, 0) is 17.8 Å². The van der Waals surface area contributed by atoms with Gasteiger partial charge < -0.3 is 19.5 Å². The number of hydrogen-bond acceptors (Lipinski definition) is 6. The Kier molecular flexibility index (Phi) is 8.28. The second-order valence-electron chi connectivity index (χ2n) is 7.77. The highest BCUT2D eigenvalue weighted by Crippen LogP contribution is 2.31. The fourth-order valence-electron chi connectivity index (χ4n) is 4.01. The van der Waals surface area contributed by atoms with Gasteiger partial charge in [0.15, 0.2) is 11.5 Å². The van der Waals surface area contributed by atoms with Crippen LogP contribution in [0.2, 0.25) is 0 Å². The van der Waals surface area contributed by atoms with Crippen molar-refractivity contribution in [1.29, 1.82) is 0 Å². The molecule has 0 amide bonds. The van der Waals surface area contributed by atoms with Crippen molar-refractivity contribution in [3.63, 3.8) is 0 Å². The first-order valence-corrected chi connectivity index (χ1v) is 10.4. The van der Waals surface area contributed by atoms with Crippen molar-refractivity contribution in [2.45, 2.75) is 25.9 Å². The number of likely N-dealkylation sites (tertiary alicyclic amines) is 1. The molecule has 1 aliphatic heterocycles. The van der Waals surface area contributed by atoms with Crippen LogP contribution in [0.1, 0.15) is 24.0 Å². The zero-order valence-electron chi connectivity index (χ0n) is 17.6. The van der Waals surface area contributed by atoms with Crippen LogP contribution in [0.5, 0.6) is 11.5 Å². The maximum atomic E-state index is 10.5. The van der Waals surface area contributed by atoms with E-state index in [2.05, 4.69) is 26.9 Å². The molecule has 6 heteroatoms. The van der Waals surface area contributed by atoms with E-state index in [4.69, 9.17) is 9.47 Å². The Balaban J connectivity index is 1.66. The lowest BCUT2D eigenvalue weighted by atomic mass is 9.95. The van der Waals surface area contributed by atoms with Gasteiger partial charge in [-0.15, -0.1) is 0 Å². The Morgan fingerprint density at radius 2 is 1.86 bits per heavy atom. The molecule has 2 aromatic rings. The molecule has 1 aliphatic rings. The average Bonchev–Trinajstić information content (AvgIpc) is 2.75. The highest BCUT2D eigenvalue weighted by molar-refractivity contribution is 5.45. The molecule has 0 atom stereocenters. The summed E-state index contributed by atoms with van der Waals surface area (Å²) in [5, 5.41) is 10.5. The standard InChI is InChI=1S/C23H33N3O3/c1-28-15-14-25-12-8-20(9-13-25)17-26(16-19-6-10-24-11-7-19)18-21-4-3-5-22(29-2)23(21)27/h3-7,10-11,20,27H,8-9,12-18H2,1-2H3. The van der Waals surface area contributed by atoms with E-state index in [1.165, 1.54) is 18.4 Å². The minimum absolute atomic E-state index is 0.240. The van der Waals surface area contributed by atoms with Crippen LogP contribution >= 0.6 is 0 Å². The lowest BCUT2D eigenvalue weighted by Crippen LogP contribution is -2.39. The first-order chi connectivity index (χ1) is 14.2. The highest BCUT2D eigenvalue weighted by atomic mass is 16.5. The molecule has 29 heavy (non-hydrogen) atoms. The van der Waals surface area contributed by atoms with Gasteiger partial charge in [-0.05, 0) is 55.6 Å². The van der Waals surface area contributed by atoms with E-state index >= 15 is 0 Å². The van der Waals surface area contributed by atoms with Crippen LogP contribution in [0.3, 0.4) is 0 Å². The molecule has 0 aliphatic carbocycles. The quantitative estimate of drug-likeness (QED) is 0.662. The minimum Gasteiger partial charge on any atom is -0.504 e. The number of hydrogen-bond donors (Lipinski definition) is 1. The van der Waals surface area contributed by atoms with E-state index in [1.54, 1.807) is 20.3 Å². The maximum Gasteiger partial charge on any atom is 0.162 e. The molecule has 3 rings (SSSR count). The molecule has 0 radical (unpaired) electrons. The summed E-state index contributed by atoms with van der Waals surface area (Å²) >= 11 is 0. The summed E-state index contributed by atoms with van der Waals surface area (Å²) in [6.45, 7) is 6.61. The van der Waals surface area contributed by atoms with Gasteiger partial charge in [-0.1, -0.05) is 12.1 Å². The molecule has 0 unspecified atom stereocenters. The largest absolute Gasteiger partial charge is 0.504 e. The third-order valence-corrected chi connectivity index (χ3v) is 5.69. The third-order valence-electron chi connectivity index (χ3n) is 5.69. The molecule has 0 bridgehead atoms. The van der Waals surface area contributed by atoms with Gasteiger partial charge in [0.25, 0.3) is 0 Å². The minimum atomic E-state index is 0.240. The van der Waals surface area contributed by atoms with Crippen LogP contribution in [0.4, 0.5) is 0 Å². The molecule has 6 nitrogen and oxygen atoms in total. The van der Waals surface area contributed by atoms with Crippen LogP contribution in [0, 0.1) is 5.92 Å². The number of benzene rings is 1. The number of methoxy groups -OCH3 is 2. The number of aromatic nitrogens is 1. The van der Waals surface area contributed by atoms with Gasteiger partial charge in [0.05, 0.1) is 13.7 Å². The first-order valence-electron chi connectivity index (χ1n) is 10.4. The highest BCUT2D eigenvalue weighted by Gasteiger charge is 2.22. The summed E-state index contributed by atoms with van der Waals surface area (Å²) in [4.78, 5) is 9.05. The number of rotatable bonds is 10. The number of piperidine rings is 1. The Hall–Kier alpha value is -2.15. The number of phenolic OH excluding ortho intramolecular Hbond substituents is 1. The Morgan fingerprint density at radius 3 is 2.55 bits per heavy atom. The molecule has 1 aromatic heterocycles. The zero-order chi connectivity index (χ0) is 20.5. The van der Waals surface area contributed by atoms with Crippen molar-refractivity contribution < 1.29 is 14.6 Å². The van der Waals surface area contributed by atoms with Crippen LogP contribution in [0.15, 0.2) is 42.7 Å². The molecule has 1 fully saturated rings. The fraction of sp³-hybridized carbons (Fsp3) is 0.522. The number of ether oxygens (including phenoxy) is 2. The molecule has 0 saturated carbocycles. The fourth-order valence-corrected chi connectivity index (χ4v) is 4.01. The second-order valence-corrected chi connectivity index (χ2v) is 7.77. The summed E-state index contributed by atoms with van der Waals surface area (Å²) < 4.78 is 10.5. The molecule has 1 aromatic carbocycles. The molecule has 1 N–H and O–H groups in total. The van der Waals surface area contributed by atoms with Crippen molar-refractivity contribution in [3.05, 3.63) is 53.9 Å². The normalized spacial score (nSPS) is 15.7. The van der Waals surface area contributed by atoms with E-state index in [0.717, 1.165) is 44.9 Å². The number of pyridine rings is 1. The van der Waals surface area contributed by atoms with Crippen molar-refractivity contribution in [1.82, 2.24) is 14.8 Å². The molecule has 2 heterocycles. The van der Waals surface area contributed by atoms with Gasteiger partial charge in [-0.25, -0.2) is 0 Å². The topological polar surface area (TPSA) is 58.1 Å². The van der Waals surface area contributed by atoms with E-state index < -0.39 is 0 Å². The summed E-state index contributed by atoms with van der Waals surface area (Å²) in [6, 6.07) is 9.83. The lowest BCUT2D eigenvalue weighted by Gasteiger charge is -2.35. The molecular formula is C23H33N3O3. The Bertz CT molecular complexity index is 733. The van der Waals surface area contributed by atoms with Gasteiger partial charge >= 0.3 is 0 Å². The van der Waals surface area contributed by atoms with Gasteiger partial charge in [-0.2, -0.15) is 0 Å². The smallest absolute Gasteiger partial charge is 0.162 e. The Labute approximate surface area is 174 Å². The van der Waals surface area contributed by atoms with Crippen molar-refractivity contribution in [3.8, 4) is 11.5 Å². The lowest BCUT2D eigenvalue weighted by molar-refractivity contribution is 0.103. The summed E-state index contributed by atoms with van der Waals surface area (Å²) in [5.74, 6) is 1.42. The predicted octanol–water partition coefficient (Wildman–Crippen LogP) is 3.16. The van der Waals surface area contributed by atoms with Crippen molar-refractivity contribution in [2.75, 3.05) is 47.0 Å². The second kappa shape index (κ2) is 11.1. The monoisotopic (exact) mass is 399 g/mol. The van der Waals surface area contributed by atoms with E-state index in [-0.39, 0.29) is 5.75 Å². The third kappa shape index (κ3) is 6.42. The molecular weight excluding hydrogens is 366 g/mol. The van der Waals surface area contributed by atoms with Gasteiger partial charge in [0, 0.05) is 51.2 Å². The summed E-state index contributed by atoms with van der Waals surface area (Å²) in [7, 11) is 3.35. The zero-order valence-corrected chi connectivity index (χ0v) is 17.6. The molecule has 0 spiro atoms. The average molecular weight is 400 g/mol. The Morgan fingerprint density at radius 1 is 1.10 bits per heavy atom. The van der Waals surface area contributed by atoms with Gasteiger partial charge in [0.2, 0.25) is 0 Å². The first kappa shape index (κ1) is 21.6. The molecule has 158 valence electrons. The maximum absolute atomic E-state index is 10.5. The predicted molar refractivity (Wildman–Crippen MR) is 114 cm³/mol. The summed E-state index contributed by atoms with van der Waals surface area (Å²) in [5.41, 5.74) is 2.14. The SMILES string of the molecule is COCCN1CCC(CN(Cc2ccncc2)Cc2cccc(OC)c2O)CC1. The van der Waals surface area contributed by atoms with E-state index in [9.17, 15) is 5.11 Å². The van der Waals surface area contributed by atoms with Crippen molar-refractivity contribution in [2.24, 2.45) is 5.92 Å². The van der Waals surface area contributed by atoms with Gasteiger partial charge in [-0.3, -0.25) is 9.88 Å². The van der Waals surface area contributed by atoms with Crippen LogP contribution in [0.25, 0.3) is 0 Å². The van der Waals surface area contributed by atoms with Gasteiger partial charge in [0.1, 0.15) is 0 Å². The summed E-state index contributed by atoms with van der Waals surface area (Å²) in [6.07, 6.45) is 6.07. The number of phenols is 1. The van der Waals surface area contributed by atoms with E-state index in [0.29, 0.717) is 18.2 Å². The number of para-hydroxylation sites is 1. The number of nitrogens with zero attached hydrogens (tertiary/aromatic N) is 3. The number of aromatic hydroxyl groups is 1. The molecule has 1 saturated heterocycles. The van der Waals surface area contributed by atoms with Crippen LogP contribution in [-0.4, -0.2) is 66.9 Å². The van der Waals surface area contributed by atoms with Crippen molar-refractivity contribution >= 4 is 0 Å². The van der Waals surface area contributed by atoms with Crippen LogP contribution < -0.4 is 4.74 Å².